The van der Waals surface area contributed by atoms with E-state index in [9.17, 15) is 10.1 Å². The van der Waals surface area contributed by atoms with E-state index in [1.165, 1.54) is 0 Å². The third kappa shape index (κ3) is 3.64. The molecule has 0 unspecified atom stereocenters. The van der Waals surface area contributed by atoms with Crippen LogP contribution in [0.2, 0.25) is 0 Å². The second kappa shape index (κ2) is 6.86. The van der Waals surface area contributed by atoms with Crippen LogP contribution in [0.15, 0.2) is 36.5 Å². The minimum absolute atomic E-state index is 0.151. The summed E-state index contributed by atoms with van der Waals surface area (Å²) in [7, 11) is 0. The number of pyridine rings is 1. The van der Waals surface area contributed by atoms with Crippen LogP contribution in [0.25, 0.3) is 0 Å². The van der Waals surface area contributed by atoms with Crippen molar-refractivity contribution in [3.63, 3.8) is 0 Å². The summed E-state index contributed by atoms with van der Waals surface area (Å²) in [6, 6.07) is 9.69. The number of hydrogen-bond acceptors (Lipinski definition) is 5. The molecule has 1 saturated heterocycles. The molecule has 6 heteroatoms. The Kier molecular flexibility index (Phi) is 4.64. The highest BCUT2D eigenvalue weighted by atomic mass is 16.6. The summed E-state index contributed by atoms with van der Waals surface area (Å²) in [4.78, 5) is 17.6. The van der Waals surface area contributed by atoms with Gasteiger partial charge in [0.1, 0.15) is 11.5 Å². The van der Waals surface area contributed by atoms with Gasteiger partial charge in [-0.25, -0.2) is 4.98 Å². The van der Waals surface area contributed by atoms with E-state index < -0.39 is 0 Å². The molecule has 1 fully saturated rings. The number of aryl methyl sites for hydroxylation is 2. The molecule has 0 aliphatic carbocycles. The van der Waals surface area contributed by atoms with E-state index >= 15 is 0 Å². The highest BCUT2D eigenvalue weighted by Crippen LogP contribution is 2.28. The number of anilines is 2. The van der Waals surface area contributed by atoms with E-state index in [4.69, 9.17) is 0 Å². The van der Waals surface area contributed by atoms with Crippen LogP contribution in [0.4, 0.5) is 17.2 Å². The maximum atomic E-state index is 11.2. The molecule has 0 atom stereocenters. The number of nitrogens with one attached hydrogen (secondary N) is 1. The van der Waals surface area contributed by atoms with Gasteiger partial charge in [0.05, 0.1) is 4.92 Å². The van der Waals surface area contributed by atoms with Gasteiger partial charge < -0.3 is 10.2 Å². The van der Waals surface area contributed by atoms with E-state index in [1.54, 1.807) is 12.1 Å². The molecule has 0 saturated carbocycles. The van der Waals surface area contributed by atoms with Crippen molar-refractivity contribution in [3.8, 4) is 0 Å². The topological polar surface area (TPSA) is 71.3 Å². The first-order valence-corrected chi connectivity index (χ1v) is 8.22. The third-order valence-corrected chi connectivity index (χ3v) is 4.42. The summed E-state index contributed by atoms with van der Waals surface area (Å²) in [5.74, 6) is 1.00. The molecule has 0 spiro atoms. The van der Waals surface area contributed by atoms with Gasteiger partial charge in [0.2, 0.25) is 0 Å². The fourth-order valence-corrected chi connectivity index (χ4v) is 3.03. The average Bonchev–Trinajstić information content (AvgIpc) is 2.58. The molecule has 1 aromatic heterocycles. The zero-order chi connectivity index (χ0) is 17.1. The van der Waals surface area contributed by atoms with Crippen LogP contribution in [0.1, 0.15) is 24.0 Å². The molecule has 2 aromatic rings. The monoisotopic (exact) mass is 326 g/mol. The molecule has 1 aliphatic rings. The Morgan fingerprint density at radius 3 is 2.50 bits per heavy atom. The van der Waals surface area contributed by atoms with Gasteiger partial charge in [0.25, 0.3) is 5.69 Å². The van der Waals surface area contributed by atoms with Crippen LogP contribution >= 0.6 is 0 Å². The summed E-state index contributed by atoms with van der Waals surface area (Å²) in [5, 5.41) is 14.6. The van der Waals surface area contributed by atoms with Gasteiger partial charge in [-0.2, -0.15) is 0 Å². The van der Waals surface area contributed by atoms with Crippen molar-refractivity contribution in [1.29, 1.82) is 0 Å². The number of nitro benzene ring substituents is 1. The fraction of sp³-hybridized carbons (Fsp3) is 0.389. The standard InChI is InChI=1S/C18H22N4O2/c1-13-3-5-16(17(11-13)22(23)24)20-15-7-9-21(10-8-15)18-6-4-14(2)12-19-18/h3-6,11-12,15,20H,7-10H2,1-2H3. The van der Waals surface area contributed by atoms with Gasteiger partial charge in [-0.3, -0.25) is 10.1 Å². The molecule has 0 bridgehead atoms. The van der Waals surface area contributed by atoms with E-state index in [0.717, 1.165) is 42.9 Å². The van der Waals surface area contributed by atoms with Crippen molar-refractivity contribution in [2.45, 2.75) is 32.7 Å². The lowest BCUT2D eigenvalue weighted by molar-refractivity contribution is -0.384. The summed E-state index contributed by atoms with van der Waals surface area (Å²) >= 11 is 0. The first-order valence-electron chi connectivity index (χ1n) is 8.22. The molecular formula is C18H22N4O2. The van der Waals surface area contributed by atoms with Gasteiger partial charge in [-0.05, 0) is 49.9 Å². The van der Waals surface area contributed by atoms with Gasteiger partial charge >= 0.3 is 0 Å². The zero-order valence-electron chi connectivity index (χ0n) is 14.0. The lowest BCUT2D eigenvalue weighted by atomic mass is 10.0. The van der Waals surface area contributed by atoms with E-state index in [2.05, 4.69) is 21.3 Å². The van der Waals surface area contributed by atoms with E-state index in [1.807, 2.05) is 32.2 Å². The Hall–Kier alpha value is -2.63. The predicted molar refractivity (Wildman–Crippen MR) is 95.7 cm³/mol. The van der Waals surface area contributed by atoms with Crippen molar-refractivity contribution in [3.05, 3.63) is 57.8 Å². The highest BCUT2D eigenvalue weighted by molar-refractivity contribution is 5.63. The summed E-state index contributed by atoms with van der Waals surface area (Å²) in [6.07, 6.45) is 3.75. The molecule has 6 nitrogen and oxygen atoms in total. The number of piperidine rings is 1. The van der Waals surface area contributed by atoms with E-state index in [0.29, 0.717) is 5.69 Å². The molecule has 3 rings (SSSR count). The molecule has 0 radical (unpaired) electrons. The second-order valence-electron chi connectivity index (χ2n) is 6.38. The lowest BCUT2D eigenvalue weighted by Gasteiger charge is -2.33. The van der Waals surface area contributed by atoms with Crippen LogP contribution in [-0.4, -0.2) is 29.0 Å². The van der Waals surface area contributed by atoms with Crippen molar-refractivity contribution in [2.24, 2.45) is 0 Å². The van der Waals surface area contributed by atoms with Gasteiger partial charge in [-0.1, -0.05) is 12.1 Å². The molecule has 1 aliphatic heterocycles. The Labute approximate surface area is 141 Å². The number of hydrogen-bond donors (Lipinski definition) is 1. The number of aromatic nitrogens is 1. The fourth-order valence-electron chi connectivity index (χ4n) is 3.03. The number of benzene rings is 1. The Morgan fingerprint density at radius 2 is 1.88 bits per heavy atom. The molecule has 0 amide bonds. The molecule has 1 aromatic carbocycles. The van der Waals surface area contributed by atoms with Gasteiger partial charge in [0.15, 0.2) is 0 Å². The lowest BCUT2D eigenvalue weighted by Crippen LogP contribution is -2.39. The van der Waals surface area contributed by atoms with Gasteiger partial charge in [-0.15, -0.1) is 0 Å². The second-order valence-corrected chi connectivity index (χ2v) is 6.38. The Bertz CT molecular complexity index is 722. The van der Waals surface area contributed by atoms with Crippen molar-refractivity contribution < 1.29 is 4.92 Å². The maximum Gasteiger partial charge on any atom is 0.292 e. The minimum atomic E-state index is -0.319. The number of nitrogens with zero attached hydrogens (tertiary/aromatic N) is 3. The van der Waals surface area contributed by atoms with Crippen molar-refractivity contribution in [2.75, 3.05) is 23.3 Å². The molecular weight excluding hydrogens is 304 g/mol. The predicted octanol–water partition coefficient (Wildman–Crippen LogP) is 3.69. The average molecular weight is 326 g/mol. The third-order valence-electron chi connectivity index (χ3n) is 4.42. The SMILES string of the molecule is Cc1ccc(N2CCC(Nc3ccc(C)cc3[N+](=O)[O-])CC2)nc1. The molecule has 126 valence electrons. The summed E-state index contributed by atoms with van der Waals surface area (Å²) in [6.45, 7) is 5.69. The van der Waals surface area contributed by atoms with Crippen LogP contribution in [0.3, 0.4) is 0 Å². The Morgan fingerprint density at radius 1 is 1.17 bits per heavy atom. The normalized spacial score (nSPS) is 15.3. The molecule has 24 heavy (non-hydrogen) atoms. The highest BCUT2D eigenvalue weighted by Gasteiger charge is 2.22. The molecule has 1 N–H and O–H groups in total. The summed E-state index contributed by atoms with van der Waals surface area (Å²) < 4.78 is 0. The number of nitro groups is 1. The summed E-state index contributed by atoms with van der Waals surface area (Å²) in [5.41, 5.74) is 2.81. The van der Waals surface area contributed by atoms with Crippen LogP contribution in [0, 0.1) is 24.0 Å². The number of rotatable bonds is 4. The minimum Gasteiger partial charge on any atom is -0.377 e. The first-order chi connectivity index (χ1) is 11.5. The first kappa shape index (κ1) is 16.2. The van der Waals surface area contributed by atoms with Crippen LogP contribution in [0.5, 0.6) is 0 Å². The van der Waals surface area contributed by atoms with E-state index in [-0.39, 0.29) is 16.7 Å². The maximum absolute atomic E-state index is 11.2. The largest absolute Gasteiger partial charge is 0.377 e. The van der Waals surface area contributed by atoms with Crippen molar-refractivity contribution in [1.82, 2.24) is 4.98 Å². The zero-order valence-corrected chi connectivity index (χ0v) is 14.0. The Balaban J connectivity index is 1.63. The van der Waals surface area contributed by atoms with Crippen molar-refractivity contribution >= 4 is 17.2 Å². The van der Waals surface area contributed by atoms with Crippen LogP contribution < -0.4 is 10.2 Å². The smallest absolute Gasteiger partial charge is 0.292 e. The molecule has 2 heterocycles. The van der Waals surface area contributed by atoms with Gasteiger partial charge in [0, 0.05) is 31.4 Å². The quantitative estimate of drug-likeness (QED) is 0.685. The van der Waals surface area contributed by atoms with Crippen LogP contribution in [-0.2, 0) is 0 Å².